The van der Waals surface area contributed by atoms with Crippen molar-refractivity contribution < 1.29 is 55.1 Å². The molecule has 0 saturated carbocycles. The summed E-state index contributed by atoms with van der Waals surface area (Å²) in [7, 11) is -3.08. The van der Waals surface area contributed by atoms with Crippen LogP contribution in [0.3, 0.4) is 0 Å². The van der Waals surface area contributed by atoms with Crippen LogP contribution in [0.1, 0.15) is 57.0 Å². The van der Waals surface area contributed by atoms with Crippen LogP contribution in [0.5, 0.6) is 0 Å². The highest BCUT2D eigenvalue weighted by Gasteiger charge is 2.54. The van der Waals surface area contributed by atoms with E-state index < -0.39 is 82.6 Å². The number of halogens is 2. The summed E-state index contributed by atoms with van der Waals surface area (Å²) >= 11 is 0.701. The highest BCUT2D eigenvalue weighted by Crippen LogP contribution is 2.65. The number of benzene rings is 1. The first-order chi connectivity index (χ1) is 30.7. The summed E-state index contributed by atoms with van der Waals surface area (Å²) in [4.78, 5) is 49.2. The predicted molar refractivity (Wildman–Crippen MR) is 231 cm³/mol. The molecule has 0 radical (unpaired) electrons. The number of aromatic nitrogens is 8. The van der Waals surface area contributed by atoms with Gasteiger partial charge in [0.1, 0.15) is 48.1 Å². The van der Waals surface area contributed by atoms with Gasteiger partial charge in [0.05, 0.1) is 32.4 Å². The molecule has 5 aromatic rings. The van der Waals surface area contributed by atoms with E-state index in [1.165, 1.54) is 34.4 Å². The number of imidazole rings is 2. The van der Waals surface area contributed by atoms with Crippen molar-refractivity contribution in [2.45, 2.75) is 94.0 Å². The molecular weight excluding hydrogens is 903 g/mol. The zero-order chi connectivity index (χ0) is 45.2. The number of unbranched alkanes of at least 4 members (excludes halogenated alkanes) is 3. The Morgan fingerprint density at radius 1 is 0.812 bits per heavy atom. The molecule has 64 heavy (non-hydrogen) atoms. The minimum absolute atomic E-state index is 0.0246. The van der Waals surface area contributed by atoms with Gasteiger partial charge in [0.15, 0.2) is 47.7 Å². The quantitative estimate of drug-likeness (QED) is 0.0739. The normalized spacial score (nSPS) is 29.7. The Hall–Kier alpha value is -4.65. The maximum Gasteiger partial charge on any atom is 0.389 e. The molecule has 4 aromatic heterocycles. The van der Waals surface area contributed by atoms with E-state index in [0.29, 0.717) is 29.1 Å². The molecule has 342 valence electrons. The SMILES string of the molecule is B[P@]1(=O)OC[C@H]2O[C@@H](n3cnc4c(N)ncnc43)[C@H](F)[C@@H]2O[P@@](=O)(SCc2ccc(NC(=O)CNC(=O)CCCCCC)cc2)OC[C@H]2O[C@@H](n3cnc4c(N)ncnc43)[C@H](F)[C@@H]2O1. The third-order valence-corrected chi connectivity index (χ3v) is 15.5. The van der Waals surface area contributed by atoms with Crippen LogP contribution in [-0.2, 0) is 52.0 Å². The van der Waals surface area contributed by atoms with Crippen molar-refractivity contribution in [3.05, 3.63) is 55.1 Å². The van der Waals surface area contributed by atoms with Gasteiger partial charge in [-0.25, -0.2) is 43.2 Å². The predicted octanol–water partition coefficient (Wildman–Crippen LogP) is 3.93. The lowest BCUT2D eigenvalue weighted by Gasteiger charge is -2.30. The second kappa shape index (κ2) is 19.4. The zero-order valence-corrected chi connectivity index (χ0v) is 37.1. The maximum absolute atomic E-state index is 16.8. The number of hydrogen-bond donors (Lipinski definition) is 4. The second-order valence-corrected chi connectivity index (χ2v) is 21.3. The van der Waals surface area contributed by atoms with Gasteiger partial charge in [0, 0.05) is 17.9 Å². The van der Waals surface area contributed by atoms with Crippen LogP contribution in [0, 0.1) is 0 Å². The van der Waals surface area contributed by atoms with Crippen molar-refractivity contribution in [1.29, 1.82) is 0 Å². The molecule has 7 heterocycles. The Morgan fingerprint density at radius 2 is 1.39 bits per heavy atom. The number of hydrogen-bond acceptors (Lipinski definition) is 19. The van der Waals surface area contributed by atoms with Gasteiger partial charge in [0.2, 0.25) is 11.8 Å². The Bertz CT molecular complexity index is 2590. The van der Waals surface area contributed by atoms with Crippen molar-refractivity contribution in [1.82, 2.24) is 44.4 Å². The largest absolute Gasteiger partial charge is 0.389 e. The summed E-state index contributed by atoms with van der Waals surface area (Å²) in [5.74, 6) is -0.580. The molecule has 0 spiro atoms. The molecule has 0 unspecified atom stereocenters. The van der Waals surface area contributed by atoms with E-state index in [9.17, 15) is 18.7 Å². The fraction of sp³-hybridized carbons (Fsp3) is 0.500. The molecule has 22 nitrogen and oxygen atoms in total. The van der Waals surface area contributed by atoms with Gasteiger partial charge in [0.25, 0.3) is 15.0 Å². The third-order valence-electron chi connectivity index (χ3n) is 10.6. The monoisotopic (exact) mass is 948 g/mol. The van der Waals surface area contributed by atoms with E-state index in [-0.39, 0.29) is 52.2 Å². The van der Waals surface area contributed by atoms with Gasteiger partial charge in [-0.1, -0.05) is 38.3 Å². The number of fused-ring (bicyclic) bond motifs is 4. The number of nitrogens with two attached hydrogens (primary N) is 2. The van der Waals surface area contributed by atoms with Crippen molar-refractivity contribution in [2.75, 3.05) is 36.5 Å². The van der Waals surface area contributed by atoms with Gasteiger partial charge in [-0.3, -0.25) is 32.3 Å². The molecule has 3 fully saturated rings. The first-order valence-corrected chi connectivity index (χ1v) is 25.4. The smallest absolute Gasteiger partial charge is 0.382 e. The fourth-order valence-corrected chi connectivity index (χ4v) is 11.9. The molecule has 0 aliphatic carbocycles. The third kappa shape index (κ3) is 10.1. The number of nitrogens with zero attached hydrogens (tertiary/aromatic N) is 8. The maximum atomic E-state index is 16.8. The number of carbonyl (C=O) groups excluding carboxylic acids is 2. The molecular formula is C36H45BF2N12O10P2S. The van der Waals surface area contributed by atoms with Crippen LogP contribution in [0.4, 0.5) is 26.1 Å². The van der Waals surface area contributed by atoms with Crippen LogP contribution in [0.25, 0.3) is 22.3 Å². The summed E-state index contributed by atoms with van der Waals surface area (Å²) in [5, 5.41) is 5.34. The van der Waals surface area contributed by atoms with Crippen molar-refractivity contribution >= 4 is 84.7 Å². The van der Waals surface area contributed by atoms with Gasteiger partial charge in [-0.05, 0) is 35.5 Å². The molecule has 0 bridgehead atoms. The standard InChI is InChI=1S/C36H45BF2N12O10P2S/c1-2-3-4-5-6-23(52)42-11-24(53)49-20-9-7-19(8-10-20)14-64-63(55)57-13-22-29(25(38)35(59-22)50-17-47-27-31(40)43-15-45-33(27)50)60-62(37,54)56-12-21-30(61-63)26(39)36(58-21)51-18-48-28-32(41)44-16-46-34(28)51/h7-10,15-18,21-22,25-26,29-30,35-36H,2-6,11-14,37H2,1H3,(H,42,52)(H,49,53)(H2,40,43,45)(H2,41,44,46)/t21-,22-,25-,26-,29-,30-,35-,36-,62+,63+/m1/s1. The highest BCUT2D eigenvalue weighted by molar-refractivity contribution is 8.54. The Kier molecular flexibility index (Phi) is 13.9. The molecule has 3 aliphatic heterocycles. The zero-order valence-electron chi connectivity index (χ0n) is 34.5. The molecule has 8 rings (SSSR count). The Balaban J connectivity index is 1.02. The van der Waals surface area contributed by atoms with Gasteiger partial charge in [-0.15, -0.1) is 0 Å². The summed E-state index contributed by atoms with van der Waals surface area (Å²) in [5.41, 5.74) is 13.6. The van der Waals surface area contributed by atoms with Gasteiger partial charge >= 0.3 is 6.80 Å². The average Bonchev–Trinajstić information content (AvgIpc) is 4.04. The summed E-state index contributed by atoms with van der Waals surface area (Å²) in [6.07, 6.45) is -4.18. The summed E-state index contributed by atoms with van der Waals surface area (Å²) < 4.78 is 101. The Morgan fingerprint density at radius 3 is 1.98 bits per heavy atom. The van der Waals surface area contributed by atoms with Crippen molar-refractivity contribution in [3.63, 3.8) is 0 Å². The van der Waals surface area contributed by atoms with Crippen molar-refractivity contribution in [3.8, 4) is 0 Å². The number of carbonyl (C=O) groups is 2. The van der Waals surface area contributed by atoms with Crippen LogP contribution in [0.2, 0.25) is 0 Å². The number of amides is 2. The van der Waals surface area contributed by atoms with E-state index in [4.69, 9.17) is 39.0 Å². The molecule has 1 aromatic carbocycles. The van der Waals surface area contributed by atoms with Crippen LogP contribution in [-0.4, -0.2) is 115 Å². The van der Waals surface area contributed by atoms with Crippen LogP contribution < -0.4 is 22.1 Å². The first-order valence-electron chi connectivity index (χ1n) is 20.3. The van der Waals surface area contributed by atoms with E-state index in [1.54, 1.807) is 24.3 Å². The lowest BCUT2D eigenvalue weighted by atomic mass is 10.1. The molecule has 28 heteroatoms. The van der Waals surface area contributed by atoms with E-state index in [0.717, 1.165) is 33.2 Å². The fourth-order valence-electron chi connectivity index (χ4n) is 7.36. The minimum atomic E-state index is -4.51. The number of anilines is 3. The van der Waals surface area contributed by atoms with Gasteiger partial charge in [-0.2, -0.15) is 0 Å². The molecule has 3 aliphatic rings. The van der Waals surface area contributed by atoms with Gasteiger partial charge < -0.3 is 40.6 Å². The van der Waals surface area contributed by atoms with E-state index in [1.807, 2.05) is 0 Å². The summed E-state index contributed by atoms with van der Waals surface area (Å²) in [6, 6.07) is 6.54. The molecule has 3 saturated heterocycles. The lowest BCUT2D eigenvalue weighted by molar-refractivity contribution is -0.124. The second-order valence-electron chi connectivity index (χ2n) is 15.2. The number of nitrogen functional groups attached to an aromatic ring is 2. The highest BCUT2D eigenvalue weighted by atomic mass is 32.7. The Labute approximate surface area is 368 Å². The summed E-state index contributed by atoms with van der Waals surface area (Å²) in [6.45, 7) is -3.91. The van der Waals surface area contributed by atoms with E-state index in [2.05, 4.69) is 47.5 Å². The minimum Gasteiger partial charge on any atom is -0.382 e. The van der Waals surface area contributed by atoms with Crippen LogP contribution in [0.15, 0.2) is 49.6 Å². The number of nitrogens with one attached hydrogen (secondary N) is 2. The number of rotatable bonds is 13. The average molecular weight is 949 g/mol. The van der Waals surface area contributed by atoms with E-state index >= 15 is 8.78 Å². The first kappa shape index (κ1) is 45.9. The molecule has 10 atom stereocenters. The molecule has 2 amide bonds. The number of alkyl halides is 2. The molecule has 6 N–H and O–H groups in total. The van der Waals surface area contributed by atoms with Crippen LogP contribution >= 0.6 is 25.7 Å². The van der Waals surface area contributed by atoms with Crippen molar-refractivity contribution in [2.24, 2.45) is 0 Å². The number of ether oxygens (including phenoxy) is 2. The lowest BCUT2D eigenvalue weighted by Crippen LogP contribution is -2.37. The topological polar surface area (TPSA) is 287 Å².